The standard InChI is InChI=1S/C19H27N3O3S/c1-13(2)20-10-5-11-26(24,25)22-19(23)21-18-16-8-3-6-14(16)12-15-7-4-9-17(15)18/h5,11-13,20H,3-4,6-10H2,1-2H3,(H2,21,22,23)/b11-5+. The molecule has 0 aliphatic heterocycles. The molecular formula is C19H27N3O3S. The first-order chi connectivity index (χ1) is 12.4. The summed E-state index contributed by atoms with van der Waals surface area (Å²) in [5.41, 5.74) is 5.78. The number of fused-ring (bicyclic) bond motifs is 2. The Morgan fingerprint density at radius 2 is 1.73 bits per heavy atom. The Morgan fingerprint density at radius 3 is 2.31 bits per heavy atom. The van der Waals surface area contributed by atoms with Crippen LogP contribution in [0.2, 0.25) is 0 Å². The van der Waals surface area contributed by atoms with Gasteiger partial charge in [-0.25, -0.2) is 17.9 Å². The molecule has 142 valence electrons. The van der Waals surface area contributed by atoms with E-state index in [4.69, 9.17) is 0 Å². The highest BCUT2D eigenvalue weighted by Gasteiger charge is 2.25. The average molecular weight is 378 g/mol. The van der Waals surface area contributed by atoms with Crippen molar-refractivity contribution in [1.82, 2.24) is 10.0 Å². The number of hydrogen-bond donors (Lipinski definition) is 3. The molecule has 3 rings (SSSR count). The summed E-state index contributed by atoms with van der Waals surface area (Å²) in [6, 6.07) is 1.84. The van der Waals surface area contributed by atoms with E-state index in [0.717, 1.165) is 49.6 Å². The van der Waals surface area contributed by atoms with E-state index >= 15 is 0 Å². The van der Waals surface area contributed by atoms with Crippen LogP contribution in [0.4, 0.5) is 10.5 Å². The van der Waals surface area contributed by atoms with Crippen molar-refractivity contribution >= 4 is 21.7 Å². The molecule has 1 aromatic carbocycles. The number of anilines is 1. The Balaban J connectivity index is 1.69. The molecule has 0 heterocycles. The summed E-state index contributed by atoms with van der Waals surface area (Å²) >= 11 is 0. The molecule has 0 radical (unpaired) electrons. The number of urea groups is 1. The van der Waals surface area contributed by atoms with Crippen molar-refractivity contribution in [1.29, 1.82) is 0 Å². The van der Waals surface area contributed by atoms with E-state index < -0.39 is 16.1 Å². The maximum atomic E-state index is 12.3. The molecule has 1 aromatic rings. The average Bonchev–Trinajstić information content (AvgIpc) is 3.19. The van der Waals surface area contributed by atoms with Crippen LogP contribution in [0.25, 0.3) is 0 Å². The molecule has 7 heteroatoms. The van der Waals surface area contributed by atoms with E-state index in [9.17, 15) is 13.2 Å². The normalized spacial score (nSPS) is 16.1. The Kier molecular flexibility index (Phi) is 5.67. The third-order valence-electron chi connectivity index (χ3n) is 4.87. The van der Waals surface area contributed by atoms with Gasteiger partial charge in [-0.2, -0.15) is 0 Å². The van der Waals surface area contributed by atoms with E-state index in [1.807, 2.05) is 13.8 Å². The molecule has 0 unspecified atom stereocenters. The Bertz CT molecular complexity index is 797. The van der Waals surface area contributed by atoms with Crippen molar-refractivity contribution < 1.29 is 13.2 Å². The van der Waals surface area contributed by atoms with Gasteiger partial charge in [0, 0.05) is 23.7 Å². The quantitative estimate of drug-likeness (QED) is 0.711. The third kappa shape index (κ3) is 4.45. The molecule has 2 aliphatic carbocycles. The van der Waals surface area contributed by atoms with Gasteiger partial charge in [-0.1, -0.05) is 26.0 Å². The number of hydrogen-bond acceptors (Lipinski definition) is 4. The molecule has 26 heavy (non-hydrogen) atoms. The zero-order chi connectivity index (χ0) is 18.7. The fourth-order valence-corrected chi connectivity index (χ4v) is 4.48. The van der Waals surface area contributed by atoms with Crippen LogP contribution in [0.5, 0.6) is 0 Å². The molecule has 0 aromatic heterocycles. The summed E-state index contributed by atoms with van der Waals surface area (Å²) in [5, 5.41) is 6.95. The summed E-state index contributed by atoms with van der Waals surface area (Å²) in [6.07, 6.45) is 7.59. The number of nitrogens with one attached hydrogen (secondary N) is 3. The first-order valence-corrected chi connectivity index (χ1v) is 10.8. The van der Waals surface area contributed by atoms with Crippen molar-refractivity contribution in [3.05, 3.63) is 39.8 Å². The van der Waals surface area contributed by atoms with Crippen LogP contribution in [0, 0.1) is 0 Å². The number of rotatable bonds is 6. The molecule has 0 fully saturated rings. The monoisotopic (exact) mass is 377 g/mol. The van der Waals surface area contributed by atoms with Gasteiger partial charge in [0.05, 0.1) is 0 Å². The first-order valence-electron chi connectivity index (χ1n) is 9.26. The van der Waals surface area contributed by atoms with Crippen LogP contribution in [-0.2, 0) is 35.7 Å². The second-order valence-electron chi connectivity index (χ2n) is 7.27. The smallest absolute Gasteiger partial charge is 0.311 e. The van der Waals surface area contributed by atoms with Crippen LogP contribution in [-0.4, -0.2) is 27.0 Å². The highest BCUT2D eigenvalue weighted by Crippen LogP contribution is 2.38. The molecule has 2 aliphatic rings. The molecule has 0 bridgehead atoms. The van der Waals surface area contributed by atoms with Crippen molar-refractivity contribution in [3.63, 3.8) is 0 Å². The van der Waals surface area contributed by atoms with Gasteiger partial charge in [-0.3, -0.25) is 0 Å². The maximum absolute atomic E-state index is 12.3. The predicted octanol–water partition coefficient (Wildman–Crippen LogP) is 2.63. The Labute approximate surface area is 155 Å². The Hall–Kier alpha value is -1.86. The summed E-state index contributed by atoms with van der Waals surface area (Å²) in [5.74, 6) is 0. The lowest BCUT2D eigenvalue weighted by molar-refractivity contribution is 0.256. The second-order valence-corrected chi connectivity index (χ2v) is 8.84. The number of benzene rings is 1. The minimum Gasteiger partial charge on any atom is -0.311 e. The lowest BCUT2D eigenvalue weighted by Gasteiger charge is -2.16. The SMILES string of the molecule is CC(C)NC/C=C/S(=O)(=O)NC(=O)Nc1c2c(cc3c1CCC3)CCC2. The predicted molar refractivity (Wildman–Crippen MR) is 104 cm³/mol. The summed E-state index contributed by atoms with van der Waals surface area (Å²) in [4.78, 5) is 12.3. The summed E-state index contributed by atoms with van der Waals surface area (Å²) in [7, 11) is -3.81. The molecular weight excluding hydrogens is 350 g/mol. The number of amides is 2. The van der Waals surface area contributed by atoms with Gasteiger partial charge in [0.15, 0.2) is 0 Å². The topological polar surface area (TPSA) is 87.3 Å². The van der Waals surface area contributed by atoms with Gasteiger partial charge in [-0.15, -0.1) is 0 Å². The highest BCUT2D eigenvalue weighted by atomic mass is 32.2. The molecule has 3 N–H and O–H groups in total. The van der Waals surface area contributed by atoms with Crippen LogP contribution < -0.4 is 15.4 Å². The Morgan fingerprint density at radius 1 is 1.12 bits per heavy atom. The van der Waals surface area contributed by atoms with Gasteiger partial charge >= 0.3 is 6.03 Å². The van der Waals surface area contributed by atoms with Gasteiger partial charge in [-0.05, 0) is 60.8 Å². The molecule has 0 spiro atoms. The lowest BCUT2D eigenvalue weighted by atomic mass is 9.99. The molecule has 0 saturated heterocycles. The van der Waals surface area contributed by atoms with Gasteiger partial charge in [0.2, 0.25) is 0 Å². The molecule has 6 nitrogen and oxygen atoms in total. The van der Waals surface area contributed by atoms with Gasteiger partial charge < -0.3 is 10.6 Å². The summed E-state index contributed by atoms with van der Waals surface area (Å²) in [6.45, 7) is 4.38. The lowest BCUT2D eigenvalue weighted by Crippen LogP contribution is -2.34. The van der Waals surface area contributed by atoms with Crippen LogP contribution in [0.3, 0.4) is 0 Å². The second kappa shape index (κ2) is 7.80. The van der Waals surface area contributed by atoms with Crippen LogP contribution >= 0.6 is 0 Å². The van der Waals surface area contributed by atoms with E-state index in [1.165, 1.54) is 28.3 Å². The van der Waals surface area contributed by atoms with E-state index in [0.29, 0.717) is 6.54 Å². The van der Waals surface area contributed by atoms with Crippen molar-refractivity contribution in [2.45, 2.75) is 58.4 Å². The minimum atomic E-state index is -3.81. The van der Waals surface area contributed by atoms with E-state index in [-0.39, 0.29) is 6.04 Å². The zero-order valence-corrected chi connectivity index (χ0v) is 16.2. The third-order valence-corrected chi connectivity index (χ3v) is 5.89. The first kappa shape index (κ1) is 18.9. The van der Waals surface area contributed by atoms with Crippen LogP contribution in [0.15, 0.2) is 17.6 Å². The number of sulfonamides is 1. The summed E-state index contributed by atoms with van der Waals surface area (Å²) < 4.78 is 26.2. The zero-order valence-electron chi connectivity index (χ0n) is 15.4. The molecule has 2 amide bonds. The maximum Gasteiger partial charge on any atom is 0.333 e. The van der Waals surface area contributed by atoms with Gasteiger partial charge in [0.25, 0.3) is 10.0 Å². The minimum absolute atomic E-state index is 0.265. The van der Waals surface area contributed by atoms with E-state index in [1.54, 1.807) is 0 Å². The number of carbonyl (C=O) groups is 1. The number of aryl methyl sites for hydroxylation is 2. The van der Waals surface area contributed by atoms with Gasteiger partial charge in [0.1, 0.15) is 0 Å². The van der Waals surface area contributed by atoms with Crippen molar-refractivity contribution in [2.75, 3.05) is 11.9 Å². The fourth-order valence-electron chi connectivity index (χ4n) is 3.75. The fraction of sp³-hybridized carbons (Fsp3) is 0.526. The largest absolute Gasteiger partial charge is 0.333 e. The van der Waals surface area contributed by atoms with Crippen LogP contribution in [0.1, 0.15) is 48.9 Å². The molecule has 0 atom stereocenters. The molecule has 0 saturated carbocycles. The van der Waals surface area contributed by atoms with E-state index in [2.05, 4.69) is 21.4 Å². The number of carbonyl (C=O) groups excluding carboxylic acids is 1. The van der Waals surface area contributed by atoms with Crippen molar-refractivity contribution in [2.24, 2.45) is 0 Å². The highest BCUT2D eigenvalue weighted by molar-refractivity contribution is 7.92. The van der Waals surface area contributed by atoms with Crippen molar-refractivity contribution in [3.8, 4) is 0 Å².